The number of esters is 1. The molecule has 0 aliphatic heterocycles. The van der Waals surface area contributed by atoms with Gasteiger partial charge in [0.2, 0.25) is 0 Å². The fraction of sp³-hybridized carbons (Fsp3) is 0.0769. The number of benzene rings is 1. The zero-order valence-corrected chi connectivity index (χ0v) is 11.7. The van der Waals surface area contributed by atoms with Gasteiger partial charge >= 0.3 is 5.97 Å². The van der Waals surface area contributed by atoms with Gasteiger partial charge in [0, 0.05) is 0 Å². The lowest BCUT2D eigenvalue weighted by Gasteiger charge is -2.06. The molecule has 0 spiro atoms. The molecule has 0 bridgehead atoms. The highest BCUT2D eigenvalue weighted by atomic mass is 35.5. The lowest BCUT2D eigenvalue weighted by Crippen LogP contribution is -2.11. The lowest BCUT2D eigenvalue weighted by molar-refractivity contribution is 0.0601. The fourth-order valence-electron chi connectivity index (χ4n) is 2.15. The lowest BCUT2D eigenvalue weighted by atomic mass is 10.2. The van der Waals surface area contributed by atoms with Crippen LogP contribution in [0.3, 0.4) is 0 Å². The normalized spacial score (nSPS) is 11.2. The predicted molar refractivity (Wildman–Crippen MR) is 76.9 cm³/mol. The molecule has 0 amide bonds. The summed E-state index contributed by atoms with van der Waals surface area (Å²) in [4.78, 5) is 26.2. The third-order valence-corrected chi connectivity index (χ3v) is 3.60. The minimum Gasteiger partial charge on any atom is -0.465 e. The van der Waals surface area contributed by atoms with Gasteiger partial charge in [0.05, 0.1) is 28.7 Å². The van der Waals surface area contributed by atoms with Gasteiger partial charge < -0.3 is 9.72 Å². The van der Waals surface area contributed by atoms with Gasteiger partial charge in [-0.3, -0.25) is 9.20 Å². The number of nitrogens with one attached hydrogen (secondary N) is 1. The van der Waals surface area contributed by atoms with Gasteiger partial charge in [-0.2, -0.15) is 0 Å². The molecule has 0 fully saturated rings. The summed E-state index contributed by atoms with van der Waals surface area (Å²) in [7, 11) is 1.29. The molecule has 7 heteroatoms. The topological polar surface area (TPSA) is 63.6 Å². The molecule has 102 valence electrons. The summed E-state index contributed by atoms with van der Waals surface area (Å²) in [5.41, 5.74) is 1.35. The number of fused-ring (bicyclic) bond motifs is 3. The van der Waals surface area contributed by atoms with E-state index in [9.17, 15) is 9.59 Å². The maximum Gasteiger partial charge on any atom is 0.337 e. The molecule has 20 heavy (non-hydrogen) atoms. The van der Waals surface area contributed by atoms with E-state index < -0.39 is 5.97 Å². The van der Waals surface area contributed by atoms with Crippen molar-refractivity contribution in [1.82, 2.24) is 9.38 Å². The first-order valence-electron chi connectivity index (χ1n) is 5.63. The minimum atomic E-state index is -0.482. The van der Waals surface area contributed by atoms with Crippen molar-refractivity contribution in [3.8, 4) is 0 Å². The molecule has 0 unspecified atom stereocenters. The second kappa shape index (κ2) is 4.54. The Kier molecular flexibility index (Phi) is 2.96. The molecule has 0 radical (unpaired) electrons. The Morgan fingerprint density at radius 1 is 1.30 bits per heavy atom. The Bertz CT molecular complexity index is 911. The zero-order valence-electron chi connectivity index (χ0n) is 10.2. The predicted octanol–water partition coefficient (Wildman–Crippen LogP) is 2.87. The Morgan fingerprint density at radius 3 is 2.75 bits per heavy atom. The Balaban J connectivity index is 2.45. The van der Waals surface area contributed by atoms with Crippen molar-refractivity contribution in [2.75, 3.05) is 7.11 Å². The maximum absolute atomic E-state index is 12.0. The third kappa shape index (κ3) is 1.78. The van der Waals surface area contributed by atoms with Crippen LogP contribution in [-0.2, 0) is 4.74 Å². The summed E-state index contributed by atoms with van der Waals surface area (Å²) in [5.74, 6) is -0.482. The molecule has 3 aromatic rings. The van der Waals surface area contributed by atoms with Gasteiger partial charge in [0.25, 0.3) is 5.56 Å². The molecule has 0 atom stereocenters. The minimum absolute atomic E-state index is 0.273. The number of nitrogens with zero attached hydrogens (tertiary/aromatic N) is 1. The van der Waals surface area contributed by atoms with Gasteiger partial charge in [-0.25, -0.2) is 4.79 Å². The number of methoxy groups -OCH3 is 1. The van der Waals surface area contributed by atoms with Crippen LogP contribution in [0.2, 0.25) is 10.2 Å². The van der Waals surface area contributed by atoms with Crippen LogP contribution in [-0.4, -0.2) is 22.5 Å². The van der Waals surface area contributed by atoms with E-state index in [0.29, 0.717) is 21.7 Å². The van der Waals surface area contributed by atoms with Crippen LogP contribution in [0.25, 0.3) is 16.6 Å². The van der Waals surface area contributed by atoms with E-state index in [1.165, 1.54) is 19.2 Å². The summed E-state index contributed by atoms with van der Waals surface area (Å²) in [5, 5.41) is 0.599. The van der Waals surface area contributed by atoms with Crippen LogP contribution in [0, 0.1) is 0 Å². The van der Waals surface area contributed by atoms with Crippen molar-refractivity contribution in [2.45, 2.75) is 0 Å². The van der Waals surface area contributed by atoms with Crippen LogP contribution in [0.4, 0.5) is 0 Å². The van der Waals surface area contributed by atoms with Gasteiger partial charge in [-0.1, -0.05) is 23.2 Å². The number of hydrogen-bond acceptors (Lipinski definition) is 3. The number of halogens is 2. The van der Waals surface area contributed by atoms with Gasteiger partial charge in [0.15, 0.2) is 0 Å². The third-order valence-electron chi connectivity index (χ3n) is 3.03. The molecule has 3 rings (SSSR count). The molecule has 0 saturated heterocycles. The molecular formula is C13H8Cl2N2O3. The summed E-state index contributed by atoms with van der Waals surface area (Å²) in [6.07, 6.45) is 0. The monoisotopic (exact) mass is 310 g/mol. The largest absolute Gasteiger partial charge is 0.465 e. The van der Waals surface area contributed by atoms with Crippen molar-refractivity contribution in [2.24, 2.45) is 0 Å². The van der Waals surface area contributed by atoms with E-state index in [2.05, 4.69) is 9.72 Å². The molecule has 0 saturated carbocycles. The molecule has 0 aliphatic rings. The van der Waals surface area contributed by atoms with Crippen LogP contribution in [0.15, 0.2) is 29.1 Å². The molecule has 2 aromatic heterocycles. The average molecular weight is 311 g/mol. The van der Waals surface area contributed by atoms with E-state index in [1.807, 2.05) is 0 Å². The highest BCUT2D eigenvalue weighted by Crippen LogP contribution is 2.26. The first-order valence-corrected chi connectivity index (χ1v) is 6.39. The van der Waals surface area contributed by atoms with Crippen molar-refractivity contribution in [1.29, 1.82) is 0 Å². The quantitative estimate of drug-likeness (QED) is 0.703. The van der Waals surface area contributed by atoms with Crippen molar-refractivity contribution in [3.05, 3.63) is 50.4 Å². The Labute approximate surface area is 122 Å². The van der Waals surface area contributed by atoms with Crippen LogP contribution < -0.4 is 5.56 Å². The van der Waals surface area contributed by atoms with Crippen LogP contribution >= 0.6 is 23.2 Å². The second-order valence-corrected chi connectivity index (χ2v) is 4.97. The average Bonchev–Trinajstić information content (AvgIpc) is 2.73. The Hall–Kier alpha value is -1.98. The highest BCUT2D eigenvalue weighted by Gasteiger charge is 2.14. The number of hydrogen-bond donors (Lipinski definition) is 1. The van der Waals surface area contributed by atoms with Gasteiger partial charge in [0.1, 0.15) is 10.7 Å². The fourth-order valence-corrected chi connectivity index (χ4v) is 2.77. The van der Waals surface area contributed by atoms with E-state index in [1.54, 1.807) is 16.5 Å². The highest BCUT2D eigenvalue weighted by molar-refractivity contribution is 6.37. The number of aromatic amines is 1. The molecular weight excluding hydrogens is 303 g/mol. The number of H-pyrrole nitrogens is 1. The SMILES string of the molecule is COC(=O)c1ccc2c(c1)[nH]c(=O)c1c(Cl)cc(Cl)n12. The number of carbonyl (C=O) groups excluding carboxylic acids is 1. The summed E-state index contributed by atoms with van der Waals surface area (Å²) in [6.45, 7) is 0. The van der Waals surface area contributed by atoms with Crippen LogP contribution in [0.1, 0.15) is 10.4 Å². The van der Waals surface area contributed by atoms with Gasteiger partial charge in [-0.05, 0) is 24.3 Å². The smallest absolute Gasteiger partial charge is 0.337 e. The zero-order chi connectivity index (χ0) is 14.4. The molecule has 0 aliphatic carbocycles. The standard InChI is InChI=1S/C13H8Cl2N2O3/c1-20-13(19)6-2-3-9-8(4-6)16-12(18)11-7(14)5-10(15)17(9)11/h2-5H,1H3,(H,16,18). The summed E-state index contributed by atoms with van der Waals surface area (Å²) >= 11 is 12.1. The first kappa shape index (κ1) is 13.0. The number of ether oxygens (including phenoxy) is 1. The van der Waals surface area contributed by atoms with Crippen LogP contribution in [0.5, 0.6) is 0 Å². The maximum atomic E-state index is 12.0. The van der Waals surface area contributed by atoms with Gasteiger partial charge in [-0.15, -0.1) is 0 Å². The van der Waals surface area contributed by atoms with Crippen molar-refractivity contribution >= 4 is 45.7 Å². The second-order valence-electron chi connectivity index (χ2n) is 4.18. The van der Waals surface area contributed by atoms with Crippen molar-refractivity contribution in [3.63, 3.8) is 0 Å². The molecule has 5 nitrogen and oxygen atoms in total. The molecule has 2 heterocycles. The Morgan fingerprint density at radius 2 is 2.05 bits per heavy atom. The number of aromatic nitrogens is 2. The van der Waals surface area contributed by atoms with E-state index in [4.69, 9.17) is 23.2 Å². The van der Waals surface area contributed by atoms with E-state index in [0.717, 1.165) is 0 Å². The first-order chi connectivity index (χ1) is 9.52. The summed E-state index contributed by atoms with van der Waals surface area (Å²) in [6, 6.07) is 6.30. The molecule has 1 N–H and O–H groups in total. The number of carbonyl (C=O) groups is 1. The van der Waals surface area contributed by atoms with E-state index in [-0.39, 0.29) is 16.1 Å². The molecule has 1 aromatic carbocycles. The van der Waals surface area contributed by atoms with E-state index >= 15 is 0 Å². The van der Waals surface area contributed by atoms with Crippen molar-refractivity contribution < 1.29 is 9.53 Å². The summed E-state index contributed by atoms with van der Waals surface area (Å²) < 4.78 is 6.19. The number of rotatable bonds is 1.